The zero-order chi connectivity index (χ0) is 20.9. The summed E-state index contributed by atoms with van der Waals surface area (Å²) >= 11 is 0. The smallest absolute Gasteiger partial charge is 0.254 e. The Balaban J connectivity index is 1.81. The van der Waals surface area contributed by atoms with Crippen LogP contribution >= 0.6 is 0 Å². The minimum absolute atomic E-state index is 0.00654. The largest absolute Gasteiger partial charge is 0.497 e. The average Bonchev–Trinajstić information content (AvgIpc) is 3.10. The van der Waals surface area contributed by atoms with Crippen LogP contribution in [0.25, 0.3) is 0 Å². The lowest BCUT2D eigenvalue weighted by Gasteiger charge is -2.28. The number of benzene rings is 2. The lowest BCUT2D eigenvalue weighted by atomic mass is 10.1. The first-order valence-electron chi connectivity index (χ1n) is 9.79. The van der Waals surface area contributed by atoms with Crippen molar-refractivity contribution in [1.29, 1.82) is 0 Å². The molecule has 1 fully saturated rings. The normalized spacial score (nSPS) is 17.7. The van der Waals surface area contributed by atoms with Crippen molar-refractivity contribution in [3.8, 4) is 11.5 Å². The Morgan fingerprint density at radius 1 is 1.07 bits per heavy atom. The number of hydrogen-bond acceptors (Lipinski definition) is 5. The second-order valence-corrected chi connectivity index (χ2v) is 9.44. The molecule has 1 heterocycles. The van der Waals surface area contributed by atoms with Crippen LogP contribution in [0.1, 0.15) is 35.7 Å². The zero-order valence-electron chi connectivity index (χ0n) is 16.8. The molecule has 3 rings (SSSR count). The topological polar surface area (TPSA) is 72.9 Å². The summed E-state index contributed by atoms with van der Waals surface area (Å²) in [6, 6.07) is 14.2. The van der Waals surface area contributed by atoms with Gasteiger partial charge in [0.2, 0.25) is 0 Å². The molecule has 6 nitrogen and oxygen atoms in total. The third-order valence-corrected chi connectivity index (χ3v) is 6.75. The number of methoxy groups -OCH3 is 1. The lowest BCUT2D eigenvalue weighted by Crippen LogP contribution is -2.40. The van der Waals surface area contributed by atoms with Crippen LogP contribution in [0.2, 0.25) is 0 Å². The Morgan fingerprint density at radius 3 is 2.28 bits per heavy atom. The highest BCUT2D eigenvalue weighted by Gasteiger charge is 2.35. The summed E-state index contributed by atoms with van der Waals surface area (Å²) in [5.74, 6) is 1.40. The highest BCUT2D eigenvalue weighted by molar-refractivity contribution is 7.91. The van der Waals surface area contributed by atoms with E-state index in [1.54, 1.807) is 36.3 Å². The van der Waals surface area contributed by atoms with E-state index in [2.05, 4.69) is 0 Å². The third-order valence-electron chi connectivity index (χ3n) is 5.00. The van der Waals surface area contributed by atoms with Crippen LogP contribution < -0.4 is 9.47 Å². The number of nitrogens with zero attached hydrogens (tertiary/aromatic N) is 1. The van der Waals surface area contributed by atoms with Crippen LogP contribution in [0.5, 0.6) is 11.5 Å². The molecule has 1 aliphatic rings. The fourth-order valence-electron chi connectivity index (χ4n) is 3.40. The SMILES string of the molecule is CCCOc1ccc(CN(C(=O)c2ccc(OC)cc2)C2CCS(=O)(=O)C2)cc1. The summed E-state index contributed by atoms with van der Waals surface area (Å²) in [5, 5.41) is 0. The molecule has 0 aliphatic carbocycles. The molecule has 1 amide bonds. The number of amides is 1. The summed E-state index contributed by atoms with van der Waals surface area (Å²) < 4.78 is 34.8. The van der Waals surface area contributed by atoms with Crippen LogP contribution in [0.3, 0.4) is 0 Å². The van der Waals surface area contributed by atoms with Crippen LogP contribution in [0, 0.1) is 0 Å². The monoisotopic (exact) mass is 417 g/mol. The molecule has 0 bridgehead atoms. The molecule has 1 aliphatic heterocycles. The van der Waals surface area contributed by atoms with E-state index in [4.69, 9.17) is 9.47 Å². The molecular weight excluding hydrogens is 390 g/mol. The van der Waals surface area contributed by atoms with Gasteiger partial charge in [-0.3, -0.25) is 4.79 Å². The van der Waals surface area contributed by atoms with Gasteiger partial charge in [0.25, 0.3) is 5.91 Å². The van der Waals surface area contributed by atoms with E-state index in [0.29, 0.717) is 30.9 Å². The second-order valence-electron chi connectivity index (χ2n) is 7.21. The molecule has 2 aromatic rings. The van der Waals surface area contributed by atoms with E-state index in [1.165, 1.54) is 0 Å². The fraction of sp³-hybridized carbons (Fsp3) is 0.409. The van der Waals surface area contributed by atoms with E-state index in [1.807, 2.05) is 31.2 Å². The van der Waals surface area contributed by atoms with Crippen LogP contribution in [0.4, 0.5) is 0 Å². The maximum Gasteiger partial charge on any atom is 0.254 e. The molecule has 0 radical (unpaired) electrons. The van der Waals surface area contributed by atoms with Gasteiger partial charge in [0.1, 0.15) is 11.5 Å². The summed E-state index contributed by atoms with van der Waals surface area (Å²) in [6.07, 6.45) is 1.39. The Labute approximate surface area is 172 Å². The van der Waals surface area contributed by atoms with Gasteiger partial charge in [-0.25, -0.2) is 8.42 Å². The molecule has 0 saturated carbocycles. The highest BCUT2D eigenvalue weighted by atomic mass is 32.2. The van der Waals surface area contributed by atoms with Crippen molar-refractivity contribution in [3.63, 3.8) is 0 Å². The van der Waals surface area contributed by atoms with Crippen molar-refractivity contribution in [2.24, 2.45) is 0 Å². The Hall–Kier alpha value is -2.54. The molecule has 2 aromatic carbocycles. The summed E-state index contributed by atoms with van der Waals surface area (Å²) in [5.41, 5.74) is 1.44. The van der Waals surface area contributed by atoms with Gasteiger partial charge in [0, 0.05) is 18.2 Å². The summed E-state index contributed by atoms with van der Waals surface area (Å²) in [6.45, 7) is 3.05. The van der Waals surface area contributed by atoms with Gasteiger partial charge in [-0.15, -0.1) is 0 Å². The van der Waals surface area contributed by atoms with Gasteiger partial charge in [0.05, 0.1) is 25.2 Å². The first-order valence-corrected chi connectivity index (χ1v) is 11.6. The zero-order valence-corrected chi connectivity index (χ0v) is 17.7. The van der Waals surface area contributed by atoms with E-state index in [0.717, 1.165) is 17.7 Å². The Morgan fingerprint density at radius 2 is 1.72 bits per heavy atom. The van der Waals surface area contributed by atoms with E-state index in [9.17, 15) is 13.2 Å². The molecule has 0 N–H and O–H groups in total. The van der Waals surface area contributed by atoms with Gasteiger partial charge in [-0.2, -0.15) is 0 Å². The van der Waals surface area contributed by atoms with Crippen molar-refractivity contribution in [3.05, 3.63) is 59.7 Å². The van der Waals surface area contributed by atoms with Crippen molar-refractivity contribution in [2.75, 3.05) is 25.2 Å². The summed E-state index contributed by atoms with van der Waals surface area (Å²) in [4.78, 5) is 14.9. The van der Waals surface area contributed by atoms with Crippen molar-refractivity contribution < 1.29 is 22.7 Å². The molecular formula is C22H27NO5S. The first kappa shape index (κ1) is 21.2. The molecule has 156 valence electrons. The molecule has 0 spiro atoms. The second kappa shape index (κ2) is 9.31. The number of carbonyl (C=O) groups is 1. The molecule has 29 heavy (non-hydrogen) atoms. The number of hydrogen-bond donors (Lipinski definition) is 0. The van der Waals surface area contributed by atoms with Gasteiger partial charge in [-0.1, -0.05) is 19.1 Å². The lowest BCUT2D eigenvalue weighted by molar-refractivity contribution is 0.0681. The molecule has 7 heteroatoms. The maximum absolute atomic E-state index is 13.2. The highest BCUT2D eigenvalue weighted by Crippen LogP contribution is 2.24. The van der Waals surface area contributed by atoms with E-state index < -0.39 is 9.84 Å². The van der Waals surface area contributed by atoms with Crippen LogP contribution in [-0.2, 0) is 16.4 Å². The molecule has 0 aromatic heterocycles. The fourth-order valence-corrected chi connectivity index (χ4v) is 5.13. The number of carbonyl (C=O) groups excluding carboxylic acids is 1. The van der Waals surface area contributed by atoms with E-state index in [-0.39, 0.29) is 23.5 Å². The molecule has 1 unspecified atom stereocenters. The predicted octanol–water partition coefficient (Wildman–Crippen LogP) is 3.31. The van der Waals surface area contributed by atoms with E-state index >= 15 is 0 Å². The number of sulfone groups is 1. The summed E-state index contributed by atoms with van der Waals surface area (Å²) in [7, 11) is -1.54. The van der Waals surface area contributed by atoms with Crippen molar-refractivity contribution in [1.82, 2.24) is 4.90 Å². The van der Waals surface area contributed by atoms with Gasteiger partial charge < -0.3 is 14.4 Å². The minimum Gasteiger partial charge on any atom is -0.497 e. The maximum atomic E-state index is 13.2. The average molecular weight is 418 g/mol. The van der Waals surface area contributed by atoms with Gasteiger partial charge in [-0.05, 0) is 54.8 Å². The molecule has 1 atom stereocenters. The number of rotatable bonds is 8. The Bertz CT molecular complexity index is 923. The number of ether oxygens (including phenoxy) is 2. The van der Waals surface area contributed by atoms with Crippen LogP contribution in [0.15, 0.2) is 48.5 Å². The predicted molar refractivity (Wildman–Crippen MR) is 112 cm³/mol. The Kier molecular flexibility index (Phi) is 6.79. The molecule has 1 saturated heterocycles. The van der Waals surface area contributed by atoms with Crippen molar-refractivity contribution in [2.45, 2.75) is 32.4 Å². The first-order chi connectivity index (χ1) is 13.9. The van der Waals surface area contributed by atoms with Gasteiger partial charge in [0.15, 0.2) is 9.84 Å². The van der Waals surface area contributed by atoms with Gasteiger partial charge >= 0.3 is 0 Å². The van der Waals surface area contributed by atoms with Crippen molar-refractivity contribution >= 4 is 15.7 Å². The standard InChI is InChI=1S/C22H27NO5S/c1-3-13-28-21-8-4-17(5-9-21)15-23(19-12-14-29(25,26)16-19)22(24)18-6-10-20(27-2)11-7-18/h4-11,19H,3,12-16H2,1-2H3. The minimum atomic E-state index is -3.11. The van der Waals surface area contributed by atoms with Crippen LogP contribution in [-0.4, -0.2) is 50.5 Å². The third kappa shape index (κ3) is 5.50. The quantitative estimate of drug-likeness (QED) is 0.659.